The first-order chi connectivity index (χ1) is 9.17. The van der Waals surface area contributed by atoms with Crippen LogP contribution in [0.2, 0.25) is 0 Å². The third-order valence-electron chi connectivity index (χ3n) is 3.16. The highest BCUT2D eigenvalue weighted by atomic mass is 32.2. The van der Waals surface area contributed by atoms with Gasteiger partial charge in [0.25, 0.3) is 0 Å². The Morgan fingerprint density at radius 2 is 1.79 bits per heavy atom. The van der Waals surface area contributed by atoms with Crippen molar-refractivity contribution in [3.8, 4) is 0 Å². The summed E-state index contributed by atoms with van der Waals surface area (Å²) in [6.45, 7) is 10.1. The Bertz CT molecular complexity index is 324. The second-order valence-corrected chi connectivity index (χ2v) is 6.82. The lowest BCUT2D eigenvalue weighted by Crippen LogP contribution is -2.24. The van der Waals surface area contributed by atoms with E-state index in [-0.39, 0.29) is 0 Å². The van der Waals surface area contributed by atoms with Crippen molar-refractivity contribution >= 4 is 11.8 Å². The Balaban J connectivity index is 2.66. The van der Waals surface area contributed by atoms with E-state index in [9.17, 15) is 0 Å². The minimum Gasteiger partial charge on any atom is -0.309 e. The van der Waals surface area contributed by atoms with Crippen LogP contribution in [0.4, 0.5) is 0 Å². The Kier molecular flexibility index (Phi) is 8.24. The minimum absolute atomic E-state index is 0.498. The topological polar surface area (TPSA) is 12.0 Å². The van der Waals surface area contributed by atoms with Gasteiger partial charge in [-0.1, -0.05) is 52.0 Å². The van der Waals surface area contributed by atoms with E-state index in [1.165, 1.54) is 35.5 Å². The van der Waals surface area contributed by atoms with Gasteiger partial charge in [0.1, 0.15) is 0 Å². The minimum atomic E-state index is 0.498. The fourth-order valence-corrected chi connectivity index (χ4v) is 2.97. The maximum absolute atomic E-state index is 3.66. The summed E-state index contributed by atoms with van der Waals surface area (Å²) in [7, 11) is 0. The lowest BCUT2D eigenvalue weighted by atomic mass is 10.00. The first-order valence-electron chi connectivity index (χ1n) is 7.57. The summed E-state index contributed by atoms with van der Waals surface area (Å²) in [5, 5.41) is 3.66. The second-order valence-electron chi connectivity index (χ2n) is 5.51. The van der Waals surface area contributed by atoms with E-state index in [4.69, 9.17) is 0 Å². The van der Waals surface area contributed by atoms with Gasteiger partial charge in [-0.2, -0.15) is 11.8 Å². The van der Waals surface area contributed by atoms with Gasteiger partial charge >= 0.3 is 0 Å². The fraction of sp³-hybridized carbons (Fsp3) is 0.647. The van der Waals surface area contributed by atoms with Crippen molar-refractivity contribution in [1.29, 1.82) is 0 Å². The zero-order valence-corrected chi connectivity index (χ0v) is 13.7. The van der Waals surface area contributed by atoms with E-state index < -0.39 is 0 Å². The van der Waals surface area contributed by atoms with E-state index in [1.807, 2.05) is 11.8 Å². The first kappa shape index (κ1) is 16.6. The molecule has 0 saturated heterocycles. The van der Waals surface area contributed by atoms with Crippen molar-refractivity contribution < 1.29 is 0 Å². The first-order valence-corrected chi connectivity index (χ1v) is 8.72. The zero-order valence-electron chi connectivity index (χ0n) is 12.9. The van der Waals surface area contributed by atoms with Gasteiger partial charge in [0, 0.05) is 11.8 Å². The summed E-state index contributed by atoms with van der Waals surface area (Å²) in [6.07, 6.45) is 2.37. The highest BCUT2D eigenvalue weighted by Crippen LogP contribution is 2.20. The van der Waals surface area contributed by atoms with Gasteiger partial charge in [-0.05, 0) is 42.2 Å². The van der Waals surface area contributed by atoms with E-state index in [1.54, 1.807) is 0 Å². The predicted octanol–water partition coefficient (Wildman–Crippen LogP) is 4.68. The Morgan fingerprint density at radius 1 is 1.11 bits per heavy atom. The number of benzene rings is 1. The molecule has 1 unspecified atom stereocenters. The van der Waals surface area contributed by atoms with Crippen molar-refractivity contribution in [3.63, 3.8) is 0 Å². The van der Waals surface area contributed by atoms with Crippen LogP contribution in [0, 0.1) is 5.92 Å². The van der Waals surface area contributed by atoms with Crippen LogP contribution >= 0.6 is 11.8 Å². The highest BCUT2D eigenvalue weighted by Gasteiger charge is 2.10. The van der Waals surface area contributed by atoms with E-state index in [2.05, 4.69) is 57.3 Å². The number of hydrogen-bond acceptors (Lipinski definition) is 2. The molecule has 0 fully saturated rings. The van der Waals surface area contributed by atoms with Gasteiger partial charge in [-0.25, -0.2) is 0 Å². The third kappa shape index (κ3) is 6.49. The lowest BCUT2D eigenvalue weighted by Gasteiger charge is -2.19. The predicted molar refractivity (Wildman–Crippen MR) is 89.0 cm³/mol. The van der Waals surface area contributed by atoms with Crippen molar-refractivity contribution in [3.05, 3.63) is 35.4 Å². The molecule has 0 heterocycles. The summed E-state index contributed by atoms with van der Waals surface area (Å²) < 4.78 is 0. The van der Waals surface area contributed by atoms with Crippen molar-refractivity contribution in [2.24, 2.45) is 5.92 Å². The molecular weight excluding hydrogens is 250 g/mol. The van der Waals surface area contributed by atoms with Crippen molar-refractivity contribution in [2.45, 2.75) is 46.6 Å². The Morgan fingerprint density at radius 3 is 2.32 bits per heavy atom. The molecule has 0 aliphatic carbocycles. The van der Waals surface area contributed by atoms with Crippen LogP contribution in [0.3, 0.4) is 0 Å². The number of rotatable bonds is 9. The van der Waals surface area contributed by atoms with Gasteiger partial charge in [0.15, 0.2) is 0 Å². The molecule has 1 N–H and O–H groups in total. The molecule has 1 rings (SSSR count). The molecule has 0 aromatic heterocycles. The van der Waals surface area contributed by atoms with Crippen molar-refractivity contribution in [1.82, 2.24) is 5.32 Å². The van der Waals surface area contributed by atoms with Crippen LogP contribution in [-0.2, 0) is 6.42 Å². The molecule has 0 aliphatic rings. The third-order valence-corrected chi connectivity index (χ3v) is 4.13. The van der Waals surface area contributed by atoms with Gasteiger partial charge in [-0.3, -0.25) is 0 Å². The quantitative estimate of drug-likeness (QED) is 0.704. The van der Waals surface area contributed by atoms with E-state index in [0.717, 1.165) is 12.5 Å². The summed E-state index contributed by atoms with van der Waals surface area (Å²) in [5.41, 5.74) is 2.89. The van der Waals surface area contributed by atoms with Crippen LogP contribution in [-0.4, -0.2) is 18.1 Å². The van der Waals surface area contributed by atoms with Crippen LogP contribution in [0.5, 0.6) is 0 Å². The van der Waals surface area contributed by atoms with E-state index in [0.29, 0.717) is 6.04 Å². The second kappa shape index (κ2) is 9.44. The van der Waals surface area contributed by atoms with Crippen LogP contribution in [0.25, 0.3) is 0 Å². The molecule has 0 bridgehead atoms. The summed E-state index contributed by atoms with van der Waals surface area (Å²) in [6, 6.07) is 9.71. The Hall–Kier alpha value is -0.470. The molecular formula is C17H29NS. The van der Waals surface area contributed by atoms with E-state index >= 15 is 0 Å². The smallest absolute Gasteiger partial charge is 0.0411 e. The van der Waals surface area contributed by atoms with Gasteiger partial charge in [0.2, 0.25) is 0 Å². The van der Waals surface area contributed by atoms with Gasteiger partial charge in [-0.15, -0.1) is 0 Å². The van der Waals surface area contributed by atoms with Gasteiger partial charge in [0.05, 0.1) is 0 Å². The maximum atomic E-state index is 3.66. The number of thioether (sulfide) groups is 1. The SMILES string of the molecule is CCCNC(CSCC)c1ccc(CC(C)C)cc1. The molecule has 19 heavy (non-hydrogen) atoms. The molecule has 0 saturated carbocycles. The molecule has 1 nitrogen and oxygen atoms in total. The average Bonchev–Trinajstić information content (AvgIpc) is 2.39. The largest absolute Gasteiger partial charge is 0.309 e. The molecule has 0 amide bonds. The molecule has 0 radical (unpaired) electrons. The summed E-state index contributed by atoms with van der Waals surface area (Å²) in [5.74, 6) is 3.09. The fourth-order valence-electron chi connectivity index (χ4n) is 2.18. The van der Waals surface area contributed by atoms with Crippen LogP contribution in [0.1, 0.15) is 51.3 Å². The lowest BCUT2D eigenvalue weighted by molar-refractivity contribution is 0.577. The zero-order chi connectivity index (χ0) is 14.1. The molecule has 1 aromatic rings. The number of hydrogen-bond donors (Lipinski definition) is 1. The molecule has 108 valence electrons. The summed E-state index contributed by atoms with van der Waals surface area (Å²) in [4.78, 5) is 0. The molecule has 2 heteroatoms. The highest BCUT2D eigenvalue weighted by molar-refractivity contribution is 7.99. The van der Waals surface area contributed by atoms with Crippen LogP contribution in [0.15, 0.2) is 24.3 Å². The molecule has 1 aromatic carbocycles. The summed E-state index contributed by atoms with van der Waals surface area (Å²) >= 11 is 2.01. The van der Waals surface area contributed by atoms with Crippen molar-refractivity contribution in [2.75, 3.05) is 18.1 Å². The monoisotopic (exact) mass is 279 g/mol. The molecule has 0 spiro atoms. The van der Waals surface area contributed by atoms with Gasteiger partial charge < -0.3 is 5.32 Å². The van der Waals surface area contributed by atoms with Crippen LogP contribution < -0.4 is 5.32 Å². The maximum Gasteiger partial charge on any atom is 0.0411 e. The Labute approximate surface area is 123 Å². The average molecular weight is 279 g/mol. The normalized spacial score (nSPS) is 12.9. The molecule has 0 aliphatic heterocycles. The number of nitrogens with one attached hydrogen (secondary N) is 1. The molecule has 1 atom stereocenters. The standard InChI is InChI=1S/C17H29NS/c1-5-11-18-17(13-19-6-2)16-9-7-15(8-10-16)12-14(3)4/h7-10,14,17-18H,5-6,11-13H2,1-4H3.